The van der Waals surface area contributed by atoms with Crippen molar-refractivity contribution >= 4 is 41.4 Å². The number of carboxylic acid groups (broad SMARTS) is 1. The highest BCUT2D eigenvalue weighted by molar-refractivity contribution is 6.02. The number of hydrogen-bond acceptors (Lipinski definition) is 8. The topological polar surface area (TPSA) is 291 Å². The van der Waals surface area contributed by atoms with Crippen LogP contribution in [0.1, 0.15) is 61.6 Å². The number of carboxylic acids is 1. The molecule has 0 aliphatic heterocycles. The molecule has 16 nitrogen and oxygen atoms in total. The lowest BCUT2D eigenvalue weighted by Crippen LogP contribution is -2.57. The Morgan fingerprint density at radius 3 is 1.96 bits per heavy atom. The number of benzene rings is 2. The lowest BCUT2D eigenvalue weighted by molar-refractivity contribution is -0.192. The number of carbonyl (C=O) groups excluding carboxylic acids is 4. The first-order chi connectivity index (χ1) is 25.0. The molecule has 0 heterocycles. The summed E-state index contributed by atoms with van der Waals surface area (Å²) in [7, 11) is 0. The second-order valence-electron chi connectivity index (χ2n) is 12.2. The molecule has 1 aliphatic carbocycles. The number of amides is 4. The van der Waals surface area contributed by atoms with E-state index in [2.05, 4.69) is 26.1 Å². The predicted octanol–water partition coefficient (Wildman–Crippen LogP) is 0.978. The van der Waals surface area contributed by atoms with Crippen molar-refractivity contribution in [2.75, 3.05) is 6.54 Å². The van der Waals surface area contributed by atoms with E-state index in [9.17, 15) is 32.3 Å². The normalized spacial score (nSPS) is 15.0. The van der Waals surface area contributed by atoms with E-state index in [0.717, 1.165) is 24.8 Å². The number of carbonyl (C=O) groups is 5. The number of nitrogens with two attached hydrogens (primary N) is 4. The summed E-state index contributed by atoms with van der Waals surface area (Å²) in [6.07, 6.45) is -0.282. The smallest absolute Gasteiger partial charge is 0.475 e. The van der Waals surface area contributed by atoms with Crippen molar-refractivity contribution in [2.24, 2.45) is 44.9 Å². The van der Waals surface area contributed by atoms with E-state index in [1.807, 2.05) is 30.3 Å². The summed E-state index contributed by atoms with van der Waals surface area (Å²) in [5.74, 6) is -6.70. The zero-order valence-corrected chi connectivity index (χ0v) is 28.9. The van der Waals surface area contributed by atoms with Crippen molar-refractivity contribution in [2.45, 2.75) is 76.2 Å². The zero-order valence-electron chi connectivity index (χ0n) is 28.9. The molecule has 0 spiro atoms. The molecule has 3 atom stereocenters. The third-order valence-electron chi connectivity index (χ3n) is 8.29. The Balaban J connectivity index is 0.00000126. The minimum absolute atomic E-state index is 0.0244. The highest BCUT2D eigenvalue weighted by Gasteiger charge is 2.38. The quantitative estimate of drug-likeness (QED) is 0.0293. The monoisotopic (exact) mass is 749 g/mol. The van der Waals surface area contributed by atoms with Gasteiger partial charge in [-0.05, 0) is 49.1 Å². The number of hydrogen-bond donors (Lipinski definition) is 9. The fourth-order valence-electron chi connectivity index (χ4n) is 5.49. The molecular weight excluding hydrogens is 703 g/mol. The highest BCUT2D eigenvalue weighted by Crippen LogP contribution is 2.27. The number of guanidine groups is 1. The summed E-state index contributed by atoms with van der Waals surface area (Å²) in [6, 6.07) is 13.9. The molecule has 290 valence electrons. The molecule has 3 rings (SSSR count). The van der Waals surface area contributed by atoms with Gasteiger partial charge < -0.3 is 49.2 Å². The Hall–Kier alpha value is -5.88. The van der Waals surface area contributed by atoms with Crippen LogP contribution in [0.25, 0.3) is 0 Å². The molecule has 0 radical (unpaired) electrons. The molecule has 0 bridgehead atoms. The summed E-state index contributed by atoms with van der Waals surface area (Å²) in [6.45, 7) is 0.462. The van der Waals surface area contributed by atoms with Gasteiger partial charge in [-0.25, -0.2) is 4.79 Å². The van der Waals surface area contributed by atoms with Crippen molar-refractivity contribution in [3.8, 4) is 0 Å². The molecule has 2 aromatic carbocycles. The molecular formula is C34H46F3N9O7. The Kier molecular flexibility index (Phi) is 17.5. The van der Waals surface area contributed by atoms with E-state index in [4.69, 9.17) is 38.0 Å². The van der Waals surface area contributed by atoms with E-state index < -0.39 is 53.8 Å². The van der Waals surface area contributed by atoms with E-state index in [1.54, 1.807) is 24.3 Å². The summed E-state index contributed by atoms with van der Waals surface area (Å²) in [5, 5.41) is 27.5. The molecule has 1 saturated carbocycles. The molecule has 19 heteroatoms. The average Bonchev–Trinajstić information content (AvgIpc) is 3.13. The summed E-state index contributed by atoms with van der Waals surface area (Å²) >= 11 is 0. The van der Waals surface area contributed by atoms with Gasteiger partial charge in [0.05, 0.1) is 0 Å². The average molecular weight is 750 g/mol. The lowest BCUT2D eigenvalue weighted by Gasteiger charge is -2.32. The molecule has 1 fully saturated rings. The summed E-state index contributed by atoms with van der Waals surface area (Å²) in [5.41, 5.74) is 24.0. The van der Waals surface area contributed by atoms with Crippen LogP contribution in [-0.2, 0) is 36.9 Å². The van der Waals surface area contributed by atoms with Gasteiger partial charge in [0.2, 0.25) is 23.6 Å². The maximum Gasteiger partial charge on any atom is 0.490 e. The fraction of sp³-hybridized carbons (Fsp3) is 0.441. The van der Waals surface area contributed by atoms with Gasteiger partial charge >= 0.3 is 12.1 Å². The van der Waals surface area contributed by atoms with E-state index >= 15 is 0 Å². The maximum atomic E-state index is 13.9. The van der Waals surface area contributed by atoms with Gasteiger partial charge in [-0.15, -0.1) is 0 Å². The molecule has 4 amide bonds. The van der Waals surface area contributed by atoms with Crippen molar-refractivity contribution in [3.63, 3.8) is 0 Å². The first kappa shape index (κ1) is 43.3. The Bertz CT molecular complexity index is 1580. The summed E-state index contributed by atoms with van der Waals surface area (Å²) in [4.78, 5) is 66.1. The number of aliphatic carboxylic acids is 1. The van der Waals surface area contributed by atoms with Gasteiger partial charge in [0.25, 0.3) is 0 Å². The van der Waals surface area contributed by atoms with Crippen LogP contribution in [0, 0.1) is 11.8 Å². The number of alkyl halides is 3. The van der Waals surface area contributed by atoms with Crippen molar-refractivity contribution in [1.82, 2.24) is 16.0 Å². The number of primary amides is 1. The lowest BCUT2D eigenvalue weighted by atomic mass is 9.83. The van der Waals surface area contributed by atoms with Gasteiger partial charge in [-0.3, -0.25) is 24.2 Å². The number of oxime groups is 1. The maximum absolute atomic E-state index is 13.9. The molecule has 53 heavy (non-hydrogen) atoms. The molecule has 0 saturated heterocycles. The number of halogens is 3. The molecule has 13 N–H and O–H groups in total. The minimum atomic E-state index is -5.08. The number of nitrogens with one attached hydrogen (secondary N) is 3. The van der Waals surface area contributed by atoms with Crippen LogP contribution >= 0.6 is 0 Å². The van der Waals surface area contributed by atoms with Crippen LogP contribution in [0.2, 0.25) is 0 Å². The number of aliphatic imine (C=N–C) groups is 1. The van der Waals surface area contributed by atoms with Crippen LogP contribution in [0.5, 0.6) is 0 Å². The van der Waals surface area contributed by atoms with Crippen LogP contribution in [0.4, 0.5) is 13.2 Å². The van der Waals surface area contributed by atoms with Crippen molar-refractivity contribution in [1.29, 1.82) is 0 Å². The number of rotatable bonds is 16. The first-order valence-electron chi connectivity index (χ1n) is 16.7. The Morgan fingerprint density at radius 2 is 1.43 bits per heavy atom. The van der Waals surface area contributed by atoms with Gasteiger partial charge in [-0.2, -0.15) is 13.2 Å². The Morgan fingerprint density at radius 1 is 0.830 bits per heavy atom. The van der Waals surface area contributed by atoms with E-state index in [0.29, 0.717) is 30.4 Å². The number of amidine groups is 1. The van der Waals surface area contributed by atoms with Crippen molar-refractivity contribution in [3.05, 3.63) is 71.3 Å². The number of nitrogens with zero attached hydrogens (tertiary/aromatic N) is 2. The molecule has 0 aromatic heterocycles. The second-order valence-corrected chi connectivity index (χ2v) is 12.2. The first-order valence-corrected chi connectivity index (χ1v) is 16.7. The summed E-state index contributed by atoms with van der Waals surface area (Å²) < 4.78 is 31.7. The second kappa shape index (κ2) is 21.5. The third kappa shape index (κ3) is 15.5. The fourth-order valence-corrected chi connectivity index (χ4v) is 5.49. The van der Waals surface area contributed by atoms with Gasteiger partial charge in [-0.1, -0.05) is 79.0 Å². The van der Waals surface area contributed by atoms with Gasteiger partial charge in [0.15, 0.2) is 11.8 Å². The van der Waals surface area contributed by atoms with Gasteiger partial charge in [0, 0.05) is 18.7 Å². The van der Waals surface area contributed by atoms with Crippen LogP contribution < -0.4 is 38.9 Å². The van der Waals surface area contributed by atoms with E-state index in [1.165, 1.54) is 0 Å². The van der Waals surface area contributed by atoms with E-state index in [-0.39, 0.29) is 43.6 Å². The predicted molar refractivity (Wildman–Crippen MR) is 188 cm³/mol. The standard InChI is InChI=1S/C32H45N9O5.C2HF3O2/c33-27(41-46)23-15-13-20(14-16-23)18-24(29(43)38-19-21-8-3-1-4-9-21)30(44)40-26(22-10-5-2-6-11-22)31(45)39-25(28(34)42)12-7-17-37-32(35)36;3-2(4,5)1(6)7/h1,3-4,8-9,13-16,22,24-26,46H,2,5-7,10-12,17-19H2,(H2,33,41)(H2,34,42)(H,38,43)(H,39,45)(H,40,44)(H4,35,36,37);(H,6,7)/t24?,25-,26-;/m0./s1. The zero-order chi connectivity index (χ0) is 39.6. The van der Waals surface area contributed by atoms with Crippen molar-refractivity contribution < 1.29 is 47.5 Å². The molecule has 1 unspecified atom stereocenters. The Labute approximate surface area is 303 Å². The van der Waals surface area contributed by atoms with Gasteiger partial charge in [0.1, 0.15) is 18.0 Å². The highest BCUT2D eigenvalue weighted by atomic mass is 19.4. The molecule has 2 aromatic rings. The largest absolute Gasteiger partial charge is 0.490 e. The third-order valence-corrected chi connectivity index (χ3v) is 8.29. The van der Waals surface area contributed by atoms with Crippen LogP contribution in [0.3, 0.4) is 0 Å². The van der Waals surface area contributed by atoms with Crippen LogP contribution in [-0.4, -0.2) is 76.5 Å². The van der Waals surface area contributed by atoms with Crippen LogP contribution in [0.15, 0.2) is 64.7 Å². The minimum Gasteiger partial charge on any atom is -0.475 e. The SMILES string of the molecule is NC(=O)[C@H](CCCN=C(N)N)NC(=O)[C@@H](NC(=O)C(Cc1ccc(/C(N)=N/O)cc1)C(=O)NCc1ccccc1)C1CCCCC1.O=C(O)C(F)(F)F. The molecule has 1 aliphatic rings.